The Labute approximate surface area is 193 Å². The lowest BCUT2D eigenvalue weighted by Crippen LogP contribution is -2.10. The average molecular weight is 447 g/mol. The van der Waals surface area contributed by atoms with Crippen molar-refractivity contribution in [2.24, 2.45) is 0 Å². The summed E-state index contributed by atoms with van der Waals surface area (Å²) in [6, 6.07) is 13.5. The number of ether oxygens (including phenoxy) is 1. The Bertz CT molecular complexity index is 1210. The number of aliphatic carboxylic acids is 1. The molecule has 3 aromatic rings. The summed E-state index contributed by atoms with van der Waals surface area (Å²) in [5, 5.41) is 19.6. The molecule has 3 aromatic carbocycles. The summed E-state index contributed by atoms with van der Waals surface area (Å²) < 4.78 is 18.5. The van der Waals surface area contributed by atoms with Crippen molar-refractivity contribution in [3.63, 3.8) is 0 Å². The normalized spacial score (nSPS) is 10.6. The molecule has 2 N–H and O–H groups in total. The summed E-state index contributed by atoms with van der Waals surface area (Å²) in [5.41, 5.74) is 6.10. The van der Waals surface area contributed by atoms with E-state index in [0.717, 1.165) is 27.8 Å². The molecule has 4 nitrogen and oxygen atoms in total. The molecule has 170 valence electrons. The summed E-state index contributed by atoms with van der Waals surface area (Å²) >= 11 is 0. The van der Waals surface area contributed by atoms with Gasteiger partial charge in [-0.05, 0) is 96.5 Å². The number of carboxylic acid groups (broad SMARTS) is 1. The fraction of sp³-hybridized carbons (Fsp3) is 0.250. The first kappa shape index (κ1) is 23.9. The molecule has 33 heavy (non-hydrogen) atoms. The molecule has 0 atom stereocenters. The fourth-order valence-corrected chi connectivity index (χ4v) is 3.69. The zero-order valence-corrected chi connectivity index (χ0v) is 19.2. The van der Waals surface area contributed by atoms with Crippen LogP contribution in [0.15, 0.2) is 48.5 Å². The first-order valence-electron chi connectivity index (χ1n) is 10.7. The minimum atomic E-state index is -1.02. The first-order chi connectivity index (χ1) is 15.6. The number of carbonyl (C=O) groups is 1. The van der Waals surface area contributed by atoms with Crippen LogP contribution in [0.4, 0.5) is 4.39 Å². The molecule has 0 saturated carbocycles. The molecular formula is C28H27FO4. The summed E-state index contributed by atoms with van der Waals surface area (Å²) in [4.78, 5) is 10.8. The van der Waals surface area contributed by atoms with Crippen LogP contribution in [0.3, 0.4) is 0 Å². The number of benzene rings is 3. The number of phenolic OH excluding ortho intramolecular Hbond substituents is 1. The number of carboxylic acids is 1. The summed E-state index contributed by atoms with van der Waals surface area (Å²) in [5.74, 6) is 5.48. The van der Waals surface area contributed by atoms with Crippen LogP contribution in [0.1, 0.15) is 58.7 Å². The highest BCUT2D eigenvalue weighted by molar-refractivity contribution is 5.68. The van der Waals surface area contributed by atoms with Crippen LogP contribution >= 0.6 is 0 Å². The molecule has 0 aromatic heterocycles. The van der Waals surface area contributed by atoms with Gasteiger partial charge in [-0.2, -0.15) is 0 Å². The predicted octanol–water partition coefficient (Wildman–Crippen LogP) is 5.73. The van der Waals surface area contributed by atoms with Crippen molar-refractivity contribution < 1.29 is 24.1 Å². The number of aromatic hydroxyl groups is 1. The van der Waals surface area contributed by atoms with Gasteiger partial charge >= 0.3 is 5.97 Å². The van der Waals surface area contributed by atoms with E-state index in [2.05, 4.69) is 11.8 Å². The van der Waals surface area contributed by atoms with E-state index >= 15 is 0 Å². The van der Waals surface area contributed by atoms with Crippen LogP contribution < -0.4 is 4.74 Å². The van der Waals surface area contributed by atoms with Crippen LogP contribution in [-0.4, -0.2) is 22.8 Å². The molecule has 0 spiro atoms. The lowest BCUT2D eigenvalue weighted by molar-refractivity contribution is -0.139. The van der Waals surface area contributed by atoms with E-state index in [0.29, 0.717) is 23.3 Å². The average Bonchev–Trinajstić information content (AvgIpc) is 2.75. The van der Waals surface area contributed by atoms with Crippen LogP contribution in [0.5, 0.6) is 11.5 Å². The summed E-state index contributed by atoms with van der Waals surface area (Å²) in [7, 11) is 0. The van der Waals surface area contributed by atoms with E-state index in [1.165, 1.54) is 12.1 Å². The van der Waals surface area contributed by atoms with Crippen LogP contribution in [0, 0.1) is 31.5 Å². The number of phenols is 1. The molecule has 0 amide bonds. The SMILES string of the molecule is Cc1cc(OCC(=O)O)cc(C)c1Cc1cc(C#Cc2ccc(F)cc2)c(O)c(C(C)C)c1. The largest absolute Gasteiger partial charge is 0.506 e. The Morgan fingerprint density at radius 3 is 2.24 bits per heavy atom. The van der Waals surface area contributed by atoms with Gasteiger partial charge in [-0.3, -0.25) is 0 Å². The summed E-state index contributed by atoms with van der Waals surface area (Å²) in [6.07, 6.45) is 0.627. The Hall–Kier alpha value is -3.78. The number of rotatable bonds is 6. The Kier molecular flexibility index (Phi) is 7.40. The predicted molar refractivity (Wildman–Crippen MR) is 126 cm³/mol. The molecule has 5 heteroatoms. The van der Waals surface area contributed by atoms with Gasteiger partial charge < -0.3 is 14.9 Å². The molecule has 0 unspecified atom stereocenters. The van der Waals surface area contributed by atoms with E-state index in [1.54, 1.807) is 12.1 Å². The van der Waals surface area contributed by atoms with Gasteiger partial charge in [-0.15, -0.1) is 0 Å². The minimum absolute atomic E-state index is 0.102. The van der Waals surface area contributed by atoms with Gasteiger partial charge in [0.1, 0.15) is 17.3 Å². The molecule has 0 aliphatic rings. The molecule has 0 aliphatic carbocycles. The van der Waals surface area contributed by atoms with Crippen LogP contribution in [0.2, 0.25) is 0 Å². The topological polar surface area (TPSA) is 66.8 Å². The molecule has 0 saturated heterocycles. The number of hydrogen-bond donors (Lipinski definition) is 2. The Morgan fingerprint density at radius 2 is 1.67 bits per heavy atom. The third kappa shape index (κ3) is 6.14. The van der Waals surface area contributed by atoms with Crippen molar-refractivity contribution in [2.45, 2.75) is 40.0 Å². The molecule has 0 fully saturated rings. The second-order valence-corrected chi connectivity index (χ2v) is 8.39. The molecule has 0 radical (unpaired) electrons. The Morgan fingerprint density at radius 1 is 1.03 bits per heavy atom. The number of hydrogen-bond acceptors (Lipinski definition) is 3. The highest BCUT2D eigenvalue weighted by atomic mass is 19.1. The second kappa shape index (κ2) is 10.2. The van der Waals surface area contributed by atoms with Crippen molar-refractivity contribution in [1.29, 1.82) is 0 Å². The van der Waals surface area contributed by atoms with Crippen molar-refractivity contribution in [2.75, 3.05) is 6.61 Å². The van der Waals surface area contributed by atoms with E-state index < -0.39 is 5.97 Å². The molecular weight excluding hydrogens is 419 g/mol. The van der Waals surface area contributed by atoms with Crippen molar-refractivity contribution in [3.8, 4) is 23.3 Å². The molecule has 0 aliphatic heterocycles. The first-order valence-corrected chi connectivity index (χ1v) is 10.7. The van der Waals surface area contributed by atoms with E-state index in [-0.39, 0.29) is 24.1 Å². The summed E-state index contributed by atoms with van der Waals surface area (Å²) in [6.45, 7) is 7.58. The lowest BCUT2D eigenvalue weighted by atomic mass is 9.91. The zero-order valence-electron chi connectivity index (χ0n) is 19.2. The quantitative estimate of drug-likeness (QED) is 0.475. The monoisotopic (exact) mass is 446 g/mol. The fourth-order valence-electron chi connectivity index (χ4n) is 3.69. The molecule has 0 bridgehead atoms. The van der Waals surface area contributed by atoms with Gasteiger partial charge in [0.05, 0.1) is 5.56 Å². The Balaban J connectivity index is 1.97. The minimum Gasteiger partial charge on any atom is -0.506 e. The highest BCUT2D eigenvalue weighted by Gasteiger charge is 2.14. The standard InChI is InChI=1S/C28H27FO4/c1-17(2)25-14-21(13-22(28(25)32)8-5-20-6-9-23(29)10-7-20)15-26-18(3)11-24(12-19(26)4)33-16-27(30)31/h6-7,9-14,17,32H,15-16H2,1-4H3,(H,30,31). The van der Waals surface area contributed by atoms with Crippen LogP contribution in [-0.2, 0) is 11.2 Å². The van der Waals surface area contributed by atoms with Gasteiger partial charge in [-0.1, -0.05) is 31.8 Å². The highest BCUT2D eigenvalue weighted by Crippen LogP contribution is 2.32. The van der Waals surface area contributed by atoms with E-state index in [9.17, 15) is 14.3 Å². The van der Waals surface area contributed by atoms with Crippen molar-refractivity contribution in [3.05, 3.63) is 93.3 Å². The van der Waals surface area contributed by atoms with Gasteiger partial charge in [0.2, 0.25) is 0 Å². The van der Waals surface area contributed by atoms with Crippen molar-refractivity contribution >= 4 is 5.97 Å². The van der Waals surface area contributed by atoms with Crippen molar-refractivity contribution in [1.82, 2.24) is 0 Å². The molecule has 3 rings (SSSR count). The van der Waals surface area contributed by atoms with E-state index in [4.69, 9.17) is 9.84 Å². The lowest BCUT2D eigenvalue weighted by Gasteiger charge is -2.16. The van der Waals surface area contributed by atoms with Gasteiger partial charge in [0.15, 0.2) is 6.61 Å². The smallest absolute Gasteiger partial charge is 0.341 e. The maximum absolute atomic E-state index is 13.2. The van der Waals surface area contributed by atoms with Gasteiger partial charge in [-0.25, -0.2) is 9.18 Å². The third-order valence-corrected chi connectivity index (χ3v) is 5.42. The van der Waals surface area contributed by atoms with E-state index in [1.807, 2.05) is 52.0 Å². The maximum atomic E-state index is 13.2. The number of aryl methyl sites for hydroxylation is 2. The molecule has 0 heterocycles. The van der Waals surface area contributed by atoms with Gasteiger partial charge in [0, 0.05) is 5.56 Å². The zero-order chi connectivity index (χ0) is 24.1. The van der Waals surface area contributed by atoms with Crippen LogP contribution in [0.25, 0.3) is 0 Å². The second-order valence-electron chi connectivity index (χ2n) is 8.39. The number of halogens is 1. The maximum Gasteiger partial charge on any atom is 0.341 e. The van der Waals surface area contributed by atoms with Gasteiger partial charge in [0.25, 0.3) is 0 Å². The third-order valence-electron chi connectivity index (χ3n) is 5.42.